The van der Waals surface area contributed by atoms with Gasteiger partial charge in [0.2, 0.25) is 6.36 Å². The molecule has 1 N–H and O–H groups in total. The summed E-state index contributed by atoms with van der Waals surface area (Å²) < 4.78 is 22.3. The first-order valence-electron chi connectivity index (χ1n) is 4.13. The molecule has 0 aromatic carbocycles. The van der Waals surface area contributed by atoms with Crippen molar-refractivity contribution in [3.63, 3.8) is 0 Å². The summed E-state index contributed by atoms with van der Waals surface area (Å²) in [4.78, 5) is 0. The predicted octanol–water partition coefficient (Wildman–Crippen LogP) is 1.10. The Morgan fingerprint density at radius 1 is 1.42 bits per heavy atom. The fourth-order valence-corrected chi connectivity index (χ4v) is 0.974. The summed E-state index contributed by atoms with van der Waals surface area (Å²) >= 11 is 0. The summed E-state index contributed by atoms with van der Waals surface area (Å²) in [6, 6.07) is 0. The van der Waals surface area contributed by atoms with Crippen LogP contribution in [0.15, 0.2) is 0 Å². The summed E-state index contributed by atoms with van der Waals surface area (Å²) in [5.74, 6) is 0. The Morgan fingerprint density at radius 2 is 2.00 bits per heavy atom. The van der Waals surface area contributed by atoms with E-state index in [2.05, 4.69) is 4.74 Å². The highest BCUT2D eigenvalue weighted by Crippen LogP contribution is 2.11. The third kappa shape index (κ3) is 3.47. The van der Waals surface area contributed by atoms with Gasteiger partial charge in [0.15, 0.2) is 0 Å². The quantitative estimate of drug-likeness (QED) is 0.665. The highest BCUT2D eigenvalue weighted by molar-refractivity contribution is 4.69. The van der Waals surface area contributed by atoms with Crippen LogP contribution < -0.4 is 0 Å². The molecule has 0 amide bonds. The first kappa shape index (κ1) is 11.8. The number of methoxy groups -OCH3 is 1. The number of rotatable bonds is 6. The maximum atomic E-state index is 12.9. The van der Waals surface area contributed by atoms with Gasteiger partial charge in [0.25, 0.3) is 0 Å². The normalized spacial score (nSPS) is 18.8. The van der Waals surface area contributed by atoms with Crippen molar-refractivity contribution in [3.05, 3.63) is 0 Å². The summed E-state index contributed by atoms with van der Waals surface area (Å²) in [6.07, 6.45) is -2.78. The van der Waals surface area contributed by atoms with Crippen LogP contribution >= 0.6 is 0 Å². The van der Waals surface area contributed by atoms with Crippen molar-refractivity contribution in [2.75, 3.05) is 13.7 Å². The highest BCUT2D eigenvalue weighted by Gasteiger charge is 2.26. The maximum Gasteiger partial charge on any atom is 0.227 e. The van der Waals surface area contributed by atoms with Crippen molar-refractivity contribution in [3.8, 4) is 0 Å². The minimum Gasteiger partial charge on any atom is -0.385 e. The highest BCUT2D eigenvalue weighted by atomic mass is 19.1. The molecule has 4 heteroatoms. The number of halogens is 1. The molecule has 0 heterocycles. The summed E-state index contributed by atoms with van der Waals surface area (Å²) in [5.41, 5.74) is 0. The molecule has 3 unspecified atom stereocenters. The zero-order valence-electron chi connectivity index (χ0n) is 7.79. The number of alkyl halides is 1. The van der Waals surface area contributed by atoms with Gasteiger partial charge in [-0.3, -0.25) is 0 Å². The van der Waals surface area contributed by atoms with Crippen LogP contribution in [-0.2, 0) is 9.47 Å². The molecule has 0 aliphatic rings. The third-order valence-corrected chi connectivity index (χ3v) is 1.68. The Bertz CT molecular complexity index is 106. The minimum absolute atomic E-state index is 0.248. The number of hydrogen-bond donors (Lipinski definition) is 1. The zero-order valence-corrected chi connectivity index (χ0v) is 7.79. The second-order valence-corrected chi connectivity index (χ2v) is 2.48. The lowest BCUT2D eigenvalue weighted by Crippen LogP contribution is -2.37. The number of aliphatic hydroxyl groups excluding tert-OH is 1. The van der Waals surface area contributed by atoms with E-state index in [1.165, 1.54) is 7.11 Å². The van der Waals surface area contributed by atoms with E-state index in [4.69, 9.17) is 4.74 Å². The van der Waals surface area contributed by atoms with E-state index in [0.717, 1.165) is 0 Å². The molecule has 0 rings (SSSR count). The van der Waals surface area contributed by atoms with Crippen LogP contribution in [0.3, 0.4) is 0 Å². The molecule has 0 aliphatic heterocycles. The van der Waals surface area contributed by atoms with Gasteiger partial charge in [-0.05, 0) is 13.3 Å². The van der Waals surface area contributed by atoms with Crippen molar-refractivity contribution < 1.29 is 19.0 Å². The standard InChI is InChI=1S/C8H17FO3/c1-4-6(11-3)7(10)8(9)12-5-2/h6-8,10H,4-5H2,1-3H3. The van der Waals surface area contributed by atoms with Gasteiger partial charge in [0.05, 0.1) is 6.10 Å². The van der Waals surface area contributed by atoms with Crippen molar-refractivity contribution in [1.82, 2.24) is 0 Å². The van der Waals surface area contributed by atoms with Gasteiger partial charge < -0.3 is 14.6 Å². The Morgan fingerprint density at radius 3 is 2.33 bits per heavy atom. The fraction of sp³-hybridized carbons (Fsp3) is 1.00. The largest absolute Gasteiger partial charge is 0.385 e. The van der Waals surface area contributed by atoms with Gasteiger partial charge in [0, 0.05) is 13.7 Å². The molecule has 0 aliphatic carbocycles. The Labute approximate surface area is 72.5 Å². The third-order valence-electron chi connectivity index (χ3n) is 1.68. The van der Waals surface area contributed by atoms with Gasteiger partial charge in [-0.25, -0.2) is 4.39 Å². The van der Waals surface area contributed by atoms with Crippen molar-refractivity contribution in [2.45, 2.75) is 38.8 Å². The first-order chi connectivity index (χ1) is 5.67. The van der Waals surface area contributed by atoms with Gasteiger partial charge in [-0.2, -0.15) is 0 Å². The first-order valence-corrected chi connectivity index (χ1v) is 4.13. The van der Waals surface area contributed by atoms with E-state index in [-0.39, 0.29) is 6.61 Å². The molecule has 0 aromatic rings. The summed E-state index contributed by atoms with van der Waals surface area (Å²) in [6.45, 7) is 3.74. The van der Waals surface area contributed by atoms with E-state index in [1.54, 1.807) is 6.92 Å². The van der Waals surface area contributed by atoms with E-state index in [0.29, 0.717) is 6.42 Å². The molecule has 3 nitrogen and oxygen atoms in total. The van der Waals surface area contributed by atoms with Crippen LogP contribution in [0.5, 0.6) is 0 Å². The topological polar surface area (TPSA) is 38.7 Å². The Hall–Kier alpha value is -0.190. The molecule has 0 bridgehead atoms. The molecule has 0 saturated heterocycles. The predicted molar refractivity (Wildman–Crippen MR) is 43.6 cm³/mol. The molecule has 12 heavy (non-hydrogen) atoms. The average molecular weight is 180 g/mol. The number of ether oxygens (including phenoxy) is 2. The maximum absolute atomic E-state index is 12.9. The summed E-state index contributed by atoms with van der Waals surface area (Å²) in [5, 5.41) is 9.28. The molecule has 0 saturated carbocycles. The fourth-order valence-electron chi connectivity index (χ4n) is 0.974. The molecule has 0 spiro atoms. The van der Waals surface area contributed by atoms with Gasteiger partial charge in [-0.15, -0.1) is 0 Å². The van der Waals surface area contributed by atoms with E-state index < -0.39 is 18.6 Å². The van der Waals surface area contributed by atoms with E-state index >= 15 is 0 Å². The second kappa shape index (κ2) is 6.34. The molecule has 0 fully saturated rings. The second-order valence-electron chi connectivity index (χ2n) is 2.48. The molecular formula is C8H17FO3. The molecule has 3 atom stereocenters. The SMILES string of the molecule is CCOC(F)C(O)C(CC)OC. The van der Waals surface area contributed by atoms with Crippen LogP contribution in [-0.4, -0.2) is 37.4 Å². The minimum atomic E-state index is -1.65. The Balaban J connectivity index is 3.87. The number of aliphatic hydroxyl groups is 1. The average Bonchev–Trinajstić information content (AvgIpc) is 2.07. The molecule has 0 aromatic heterocycles. The van der Waals surface area contributed by atoms with Crippen LogP contribution in [0.4, 0.5) is 4.39 Å². The number of hydrogen-bond acceptors (Lipinski definition) is 3. The van der Waals surface area contributed by atoms with Crippen LogP contribution in [0.2, 0.25) is 0 Å². The van der Waals surface area contributed by atoms with Gasteiger partial charge in [0.1, 0.15) is 6.10 Å². The summed E-state index contributed by atoms with van der Waals surface area (Å²) in [7, 11) is 1.44. The lowest BCUT2D eigenvalue weighted by Gasteiger charge is -2.22. The van der Waals surface area contributed by atoms with Crippen LogP contribution in [0.1, 0.15) is 20.3 Å². The molecular weight excluding hydrogens is 163 g/mol. The lowest BCUT2D eigenvalue weighted by molar-refractivity contribution is -0.152. The van der Waals surface area contributed by atoms with Gasteiger partial charge in [-0.1, -0.05) is 6.92 Å². The molecule has 74 valence electrons. The van der Waals surface area contributed by atoms with Crippen molar-refractivity contribution in [1.29, 1.82) is 0 Å². The van der Waals surface area contributed by atoms with E-state index in [1.807, 2.05) is 6.92 Å². The Kier molecular flexibility index (Phi) is 6.24. The molecule has 0 radical (unpaired) electrons. The van der Waals surface area contributed by atoms with Crippen LogP contribution in [0.25, 0.3) is 0 Å². The van der Waals surface area contributed by atoms with Gasteiger partial charge >= 0.3 is 0 Å². The van der Waals surface area contributed by atoms with E-state index in [9.17, 15) is 9.50 Å². The van der Waals surface area contributed by atoms with Crippen molar-refractivity contribution >= 4 is 0 Å². The van der Waals surface area contributed by atoms with Crippen molar-refractivity contribution in [2.24, 2.45) is 0 Å². The smallest absolute Gasteiger partial charge is 0.227 e. The van der Waals surface area contributed by atoms with Crippen LogP contribution in [0, 0.1) is 0 Å². The monoisotopic (exact) mass is 180 g/mol. The lowest BCUT2D eigenvalue weighted by atomic mass is 10.1. The zero-order chi connectivity index (χ0) is 9.56.